The van der Waals surface area contributed by atoms with Gasteiger partial charge in [-0.15, -0.1) is 5.10 Å². The van der Waals surface area contributed by atoms with Crippen molar-refractivity contribution in [1.29, 1.82) is 0 Å². The largest absolute Gasteiger partial charge is 0.399 e. The summed E-state index contributed by atoms with van der Waals surface area (Å²) in [4.78, 5) is 0. The number of rotatable bonds is 2. The van der Waals surface area contributed by atoms with Crippen LogP contribution in [0.25, 0.3) is 11.4 Å². The monoisotopic (exact) mass is 235 g/mol. The molecule has 0 saturated heterocycles. The molecule has 1 aromatic heterocycles. The smallest absolute Gasteiger partial charge is 0.183 e. The summed E-state index contributed by atoms with van der Waals surface area (Å²) in [6.07, 6.45) is 2.26. The van der Waals surface area contributed by atoms with Crippen LogP contribution in [0, 0.1) is 0 Å². The highest BCUT2D eigenvalue weighted by atomic mass is 35.5. The van der Waals surface area contributed by atoms with Crippen LogP contribution in [-0.2, 0) is 0 Å². The Kier molecular flexibility index (Phi) is 2.07. The van der Waals surface area contributed by atoms with Gasteiger partial charge in [0.1, 0.15) is 0 Å². The Morgan fingerprint density at radius 1 is 1.38 bits per heavy atom. The highest BCUT2D eigenvalue weighted by Gasteiger charge is 2.28. The van der Waals surface area contributed by atoms with Gasteiger partial charge in [0.25, 0.3) is 0 Å². The van der Waals surface area contributed by atoms with Gasteiger partial charge in [0.2, 0.25) is 0 Å². The summed E-state index contributed by atoms with van der Waals surface area (Å²) in [6.45, 7) is 0. The third-order valence-electron chi connectivity index (χ3n) is 2.62. The van der Waals surface area contributed by atoms with Gasteiger partial charge in [-0.1, -0.05) is 11.6 Å². The molecule has 82 valence electrons. The predicted octanol–water partition coefficient (Wildman–Crippen LogP) is 1.91. The van der Waals surface area contributed by atoms with Crippen LogP contribution in [0.3, 0.4) is 0 Å². The molecular formula is C10H10ClN5. The van der Waals surface area contributed by atoms with E-state index in [2.05, 4.69) is 15.5 Å². The predicted molar refractivity (Wildman–Crippen MR) is 60.9 cm³/mol. The summed E-state index contributed by atoms with van der Waals surface area (Å²) in [6, 6.07) is 5.79. The fourth-order valence-corrected chi connectivity index (χ4v) is 1.92. The fraction of sp³-hybridized carbons (Fsp3) is 0.300. The first-order valence-electron chi connectivity index (χ1n) is 5.09. The zero-order valence-corrected chi connectivity index (χ0v) is 9.22. The lowest BCUT2D eigenvalue weighted by molar-refractivity contribution is 0.615. The second kappa shape index (κ2) is 3.45. The molecule has 0 amide bonds. The van der Waals surface area contributed by atoms with E-state index in [1.165, 1.54) is 0 Å². The van der Waals surface area contributed by atoms with Gasteiger partial charge < -0.3 is 5.73 Å². The summed E-state index contributed by atoms with van der Waals surface area (Å²) >= 11 is 6.13. The molecule has 0 unspecified atom stereocenters. The molecule has 6 heteroatoms. The first-order chi connectivity index (χ1) is 7.75. The van der Waals surface area contributed by atoms with Gasteiger partial charge >= 0.3 is 0 Å². The van der Waals surface area contributed by atoms with Gasteiger partial charge in [0, 0.05) is 11.3 Å². The second-order valence-electron chi connectivity index (χ2n) is 3.92. The Morgan fingerprint density at radius 2 is 2.19 bits per heavy atom. The van der Waals surface area contributed by atoms with E-state index in [0.717, 1.165) is 18.4 Å². The van der Waals surface area contributed by atoms with Crippen molar-refractivity contribution >= 4 is 17.3 Å². The molecule has 2 aromatic rings. The number of anilines is 1. The Bertz CT molecular complexity index is 532. The summed E-state index contributed by atoms with van der Waals surface area (Å²) in [5, 5.41) is 12.3. The van der Waals surface area contributed by atoms with Crippen LogP contribution in [0.2, 0.25) is 5.02 Å². The van der Waals surface area contributed by atoms with Crippen LogP contribution in [-0.4, -0.2) is 20.2 Å². The molecular weight excluding hydrogens is 226 g/mol. The van der Waals surface area contributed by atoms with Crippen LogP contribution in [0.4, 0.5) is 5.69 Å². The third kappa shape index (κ3) is 1.53. The minimum Gasteiger partial charge on any atom is -0.399 e. The molecule has 1 aliphatic carbocycles. The second-order valence-corrected chi connectivity index (χ2v) is 4.32. The first-order valence-corrected chi connectivity index (χ1v) is 5.47. The SMILES string of the molecule is Nc1ccc(-c2nnnn2C2CC2)c(Cl)c1. The lowest BCUT2D eigenvalue weighted by atomic mass is 10.2. The molecule has 1 saturated carbocycles. The molecule has 0 atom stereocenters. The third-order valence-corrected chi connectivity index (χ3v) is 2.93. The number of halogens is 1. The summed E-state index contributed by atoms with van der Waals surface area (Å²) in [5.41, 5.74) is 7.11. The van der Waals surface area contributed by atoms with Gasteiger partial charge in [0.15, 0.2) is 5.82 Å². The molecule has 3 rings (SSSR count). The standard InChI is InChI=1S/C10H10ClN5/c11-9-5-6(12)1-4-8(9)10-13-14-15-16(10)7-2-3-7/h1,4-5,7H,2-3,12H2. The van der Waals surface area contributed by atoms with Crippen molar-refractivity contribution in [2.24, 2.45) is 0 Å². The number of benzene rings is 1. The molecule has 1 aliphatic rings. The molecule has 1 heterocycles. The Morgan fingerprint density at radius 3 is 2.88 bits per heavy atom. The van der Waals surface area contributed by atoms with E-state index in [1.54, 1.807) is 12.1 Å². The molecule has 16 heavy (non-hydrogen) atoms. The zero-order valence-electron chi connectivity index (χ0n) is 8.47. The number of nitrogen functional groups attached to an aromatic ring is 1. The lowest BCUT2D eigenvalue weighted by Gasteiger charge is -2.05. The van der Waals surface area contributed by atoms with Gasteiger partial charge in [-0.05, 0) is 41.5 Å². The normalized spacial score (nSPS) is 15.3. The Hall–Kier alpha value is -1.62. The van der Waals surface area contributed by atoms with Crippen molar-refractivity contribution in [1.82, 2.24) is 20.2 Å². The number of hydrogen-bond acceptors (Lipinski definition) is 4. The van der Waals surface area contributed by atoms with Crippen molar-refractivity contribution in [3.05, 3.63) is 23.2 Å². The zero-order chi connectivity index (χ0) is 11.1. The maximum Gasteiger partial charge on any atom is 0.183 e. The molecule has 0 spiro atoms. The van der Waals surface area contributed by atoms with E-state index in [1.807, 2.05) is 10.7 Å². The quantitative estimate of drug-likeness (QED) is 0.808. The van der Waals surface area contributed by atoms with Gasteiger partial charge in [0.05, 0.1) is 11.1 Å². The van der Waals surface area contributed by atoms with E-state index in [0.29, 0.717) is 22.6 Å². The summed E-state index contributed by atoms with van der Waals surface area (Å²) in [7, 11) is 0. The van der Waals surface area contributed by atoms with Crippen LogP contribution in [0.1, 0.15) is 18.9 Å². The van der Waals surface area contributed by atoms with E-state index in [-0.39, 0.29) is 0 Å². The number of aromatic nitrogens is 4. The lowest BCUT2D eigenvalue weighted by Crippen LogP contribution is -2.00. The number of hydrogen-bond donors (Lipinski definition) is 1. The van der Waals surface area contributed by atoms with Crippen molar-refractivity contribution in [3.8, 4) is 11.4 Å². The molecule has 1 fully saturated rings. The van der Waals surface area contributed by atoms with Crippen molar-refractivity contribution in [2.45, 2.75) is 18.9 Å². The fourth-order valence-electron chi connectivity index (χ4n) is 1.65. The van der Waals surface area contributed by atoms with Gasteiger partial charge in [-0.3, -0.25) is 0 Å². The maximum absolute atomic E-state index is 6.13. The van der Waals surface area contributed by atoms with Crippen molar-refractivity contribution in [3.63, 3.8) is 0 Å². The minimum absolute atomic E-state index is 0.429. The maximum atomic E-state index is 6.13. The van der Waals surface area contributed by atoms with Gasteiger partial charge in [-0.2, -0.15) is 0 Å². The van der Waals surface area contributed by atoms with E-state index in [4.69, 9.17) is 17.3 Å². The van der Waals surface area contributed by atoms with Crippen molar-refractivity contribution < 1.29 is 0 Å². The Balaban J connectivity index is 2.10. The van der Waals surface area contributed by atoms with Crippen LogP contribution >= 0.6 is 11.6 Å². The highest BCUT2D eigenvalue weighted by Crippen LogP contribution is 2.38. The average molecular weight is 236 g/mol. The molecule has 0 bridgehead atoms. The average Bonchev–Trinajstić information content (AvgIpc) is 2.98. The van der Waals surface area contributed by atoms with Crippen LogP contribution < -0.4 is 5.73 Å². The van der Waals surface area contributed by atoms with E-state index >= 15 is 0 Å². The van der Waals surface area contributed by atoms with Crippen LogP contribution in [0.15, 0.2) is 18.2 Å². The molecule has 0 aliphatic heterocycles. The van der Waals surface area contributed by atoms with Gasteiger partial charge in [-0.25, -0.2) is 4.68 Å². The highest BCUT2D eigenvalue weighted by molar-refractivity contribution is 6.33. The minimum atomic E-state index is 0.429. The molecule has 5 nitrogen and oxygen atoms in total. The number of nitrogens with zero attached hydrogens (tertiary/aromatic N) is 4. The number of nitrogens with two attached hydrogens (primary N) is 1. The van der Waals surface area contributed by atoms with Crippen molar-refractivity contribution in [2.75, 3.05) is 5.73 Å². The Labute approximate surface area is 97.2 Å². The summed E-state index contributed by atoms with van der Waals surface area (Å²) in [5.74, 6) is 0.715. The first kappa shape index (κ1) is 9.59. The number of tetrazole rings is 1. The topological polar surface area (TPSA) is 69.6 Å². The molecule has 2 N–H and O–H groups in total. The molecule has 1 aromatic carbocycles. The summed E-state index contributed by atoms with van der Waals surface area (Å²) < 4.78 is 1.83. The van der Waals surface area contributed by atoms with E-state index < -0.39 is 0 Å². The van der Waals surface area contributed by atoms with Crippen LogP contribution in [0.5, 0.6) is 0 Å². The molecule has 0 radical (unpaired) electrons. The van der Waals surface area contributed by atoms with E-state index in [9.17, 15) is 0 Å².